The molecule has 1 N–H and O–H groups in total. The van der Waals surface area contributed by atoms with Crippen LogP contribution in [-0.4, -0.2) is 15.7 Å². The van der Waals surface area contributed by atoms with Crippen LogP contribution in [0.2, 0.25) is 0 Å². The van der Waals surface area contributed by atoms with E-state index in [9.17, 15) is 9.59 Å². The van der Waals surface area contributed by atoms with Gasteiger partial charge in [-0.15, -0.1) is 0 Å². The first kappa shape index (κ1) is 19.1. The van der Waals surface area contributed by atoms with E-state index < -0.39 is 0 Å². The van der Waals surface area contributed by atoms with Crippen LogP contribution in [-0.2, 0) is 30.6 Å². The number of nitrogens with zero attached hydrogens (tertiary/aromatic N) is 2. The van der Waals surface area contributed by atoms with E-state index in [0.717, 1.165) is 60.2 Å². The third-order valence-corrected chi connectivity index (χ3v) is 5.45. The Bertz CT molecular complexity index is 1070. The first-order valence-electron chi connectivity index (χ1n) is 10.2. The molecule has 148 valence electrons. The molecule has 0 bridgehead atoms. The average molecular weight is 387 g/mol. The van der Waals surface area contributed by atoms with Gasteiger partial charge < -0.3 is 5.32 Å². The van der Waals surface area contributed by atoms with E-state index in [0.29, 0.717) is 0 Å². The van der Waals surface area contributed by atoms with E-state index in [4.69, 9.17) is 0 Å². The maximum Gasteiger partial charge on any atom is 0.270 e. The van der Waals surface area contributed by atoms with Gasteiger partial charge in [-0.1, -0.05) is 49.4 Å². The molecular formula is C24H25N3O2. The van der Waals surface area contributed by atoms with Crippen LogP contribution in [0.5, 0.6) is 0 Å². The van der Waals surface area contributed by atoms with Crippen molar-refractivity contribution in [3.05, 3.63) is 81.6 Å². The molecule has 5 heteroatoms. The summed E-state index contributed by atoms with van der Waals surface area (Å²) in [6.45, 7) is 1.99. The maximum atomic E-state index is 13.0. The van der Waals surface area contributed by atoms with Crippen molar-refractivity contribution in [2.75, 3.05) is 5.32 Å². The summed E-state index contributed by atoms with van der Waals surface area (Å²) in [7, 11) is 0. The van der Waals surface area contributed by atoms with Crippen molar-refractivity contribution in [2.24, 2.45) is 0 Å². The molecule has 0 fully saturated rings. The number of hydrogen-bond donors (Lipinski definition) is 1. The van der Waals surface area contributed by atoms with Crippen molar-refractivity contribution in [1.29, 1.82) is 0 Å². The minimum Gasteiger partial charge on any atom is -0.324 e. The van der Waals surface area contributed by atoms with Gasteiger partial charge in [0.2, 0.25) is 5.91 Å². The van der Waals surface area contributed by atoms with Gasteiger partial charge in [0.05, 0.1) is 5.69 Å². The summed E-state index contributed by atoms with van der Waals surface area (Å²) in [6, 6.07) is 17.7. The zero-order chi connectivity index (χ0) is 20.2. The Morgan fingerprint density at radius 2 is 1.69 bits per heavy atom. The fourth-order valence-electron chi connectivity index (χ4n) is 3.88. The highest BCUT2D eigenvalue weighted by atomic mass is 16.2. The minimum absolute atomic E-state index is 0.0958. The molecule has 1 heterocycles. The number of anilines is 1. The number of aromatic nitrogens is 2. The first-order valence-corrected chi connectivity index (χ1v) is 10.2. The lowest BCUT2D eigenvalue weighted by Crippen LogP contribution is -2.34. The Morgan fingerprint density at radius 1 is 1.00 bits per heavy atom. The lowest BCUT2D eigenvalue weighted by molar-refractivity contribution is -0.117. The highest BCUT2D eigenvalue weighted by Crippen LogP contribution is 2.27. The van der Waals surface area contributed by atoms with Crippen molar-refractivity contribution in [1.82, 2.24) is 9.78 Å². The van der Waals surface area contributed by atoms with Gasteiger partial charge in [0, 0.05) is 16.8 Å². The largest absolute Gasteiger partial charge is 0.324 e. The molecule has 29 heavy (non-hydrogen) atoms. The Kier molecular flexibility index (Phi) is 5.56. The summed E-state index contributed by atoms with van der Waals surface area (Å²) in [4.78, 5) is 25.6. The molecule has 1 aliphatic carbocycles. The van der Waals surface area contributed by atoms with Crippen molar-refractivity contribution < 1.29 is 4.79 Å². The fourth-order valence-corrected chi connectivity index (χ4v) is 3.88. The Hall–Kier alpha value is -3.21. The number of hydrogen-bond acceptors (Lipinski definition) is 3. The van der Waals surface area contributed by atoms with Gasteiger partial charge in [0.25, 0.3) is 5.56 Å². The standard InChI is InChI=1S/C24H25N3O2/c1-2-17-12-14-19(15-13-17)25-22(28)16-27-24(29)21-11-7-6-10-20(21)23(26-27)18-8-4-3-5-9-18/h3-5,8-9,12-15H,2,6-7,10-11,16H2,1H3,(H,25,28). The van der Waals surface area contributed by atoms with Crippen molar-refractivity contribution >= 4 is 11.6 Å². The van der Waals surface area contributed by atoms with Crippen molar-refractivity contribution in [2.45, 2.75) is 45.6 Å². The van der Waals surface area contributed by atoms with Crippen LogP contribution in [0.15, 0.2) is 59.4 Å². The predicted molar refractivity (Wildman–Crippen MR) is 115 cm³/mol. The third-order valence-electron chi connectivity index (χ3n) is 5.45. The molecule has 1 amide bonds. The van der Waals surface area contributed by atoms with Crippen molar-refractivity contribution in [3.8, 4) is 11.3 Å². The highest BCUT2D eigenvalue weighted by molar-refractivity contribution is 5.90. The Labute approximate surface area is 170 Å². The topological polar surface area (TPSA) is 64.0 Å². The van der Waals surface area contributed by atoms with E-state index in [1.807, 2.05) is 54.6 Å². The van der Waals surface area contributed by atoms with Gasteiger partial charge in [-0.05, 0) is 55.4 Å². The predicted octanol–water partition coefficient (Wildman–Crippen LogP) is 3.99. The number of benzene rings is 2. The average Bonchev–Trinajstić information content (AvgIpc) is 2.77. The van der Waals surface area contributed by atoms with Crippen LogP contribution in [0.4, 0.5) is 5.69 Å². The summed E-state index contributed by atoms with van der Waals surface area (Å²) >= 11 is 0. The molecule has 0 unspecified atom stereocenters. The minimum atomic E-state index is -0.251. The molecule has 4 rings (SSSR count). The number of carbonyl (C=O) groups is 1. The lowest BCUT2D eigenvalue weighted by atomic mass is 9.90. The molecule has 1 aromatic heterocycles. The lowest BCUT2D eigenvalue weighted by Gasteiger charge is -2.20. The normalized spacial score (nSPS) is 13.0. The van der Waals surface area contributed by atoms with E-state index in [-0.39, 0.29) is 18.0 Å². The second-order valence-electron chi connectivity index (χ2n) is 7.44. The smallest absolute Gasteiger partial charge is 0.270 e. The third kappa shape index (κ3) is 4.14. The monoisotopic (exact) mass is 387 g/mol. The number of rotatable bonds is 5. The van der Waals surface area contributed by atoms with Gasteiger partial charge in [0.15, 0.2) is 0 Å². The molecule has 2 aromatic carbocycles. The second-order valence-corrected chi connectivity index (χ2v) is 7.44. The van der Waals surface area contributed by atoms with E-state index in [2.05, 4.69) is 17.3 Å². The number of nitrogens with one attached hydrogen (secondary N) is 1. The van der Waals surface area contributed by atoms with E-state index >= 15 is 0 Å². The SMILES string of the molecule is CCc1ccc(NC(=O)Cn2nc(-c3ccccc3)c3c(c2=O)CCCC3)cc1. The van der Waals surface area contributed by atoms with E-state index in [1.165, 1.54) is 10.2 Å². The fraction of sp³-hybridized carbons (Fsp3) is 0.292. The van der Waals surface area contributed by atoms with Crippen LogP contribution in [0.25, 0.3) is 11.3 Å². The Balaban J connectivity index is 1.64. The molecule has 0 saturated heterocycles. The number of aryl methyl sites for hydroxylation is 1. The van der Waals surface area contributed by atoms with Gasteiger partial charge >= 0.3 is 0 Å². The van der Waals surface area contributed by atoms with Gasteiger partial charge in [-0.25, -0.2) is 4.68 Å². The number of fused-ring (bicyclic) bond motifs is 1. The van der Waals surface area contributed by atoms with Crippen LogP contribution in [0.3, 0.4) is 0 Å². The first-order chi connectivity index (χ1) is 14.2. The van der Waals surface area contributed by atoms with Gasteiger partial charge in [-0.2, -0.15) is 5.10 Å². The maximum absolute atomic E-state index is 13.0. The van der Waals surface area contributed by atoms with Gasteiger partial charge in [-0.3, -0.25) is 9.59 Å². The number of carbonyl (C=O) groups excluding carboxylic acids is 1. The van der Waals surface area contributed by atoms with Crippen LogP contribution >= 0.6 is 0 Å². The second kappa shape index (κ2) is 8.43. The van der Waals surface area contributed by atoms with Crippen LogP contribution < -0.4 is 10.9 Å². The molecule has 1 aliphatic rings. The molecule has 0 atom stereocenters. The summed E-state index contributed by atoms with van der Waals surface area (Å²) in [5.41, 5.74) is 5.44. The molecule has 0 radical (unpaired) electrons. The molecule has 0 aliphatic heterocycles. The molecular weight excluding hydrogens is 362 g/mol. The van der Waals surface area contributed by atoms with Crippen LogP contribution in [0.1, 0.15) is 36.5 Å². The van der Waals surface area contributed by atoms with E-state index in [1.54, 1.807) is 0 Å². The number of amides is 1. The summed E-state index contributed by atoms with van der Waals surface area (Å²) in [6.07, 6.45) is 4.61. The molecule has 0 saturated carbocycles. The van der Waals surface area contributed by atoms with Crippen molar-refractivity contribution in [3.63, 3.8) is 0 Å². The zero-order valence-corrected chi connectivity index (χ0v) is 16.6. The molecule has 0 spiro atoms. The highest BCUT2D eigenvalue weighted by Gasteiger charge is 2.22. The van der Waals surface area contributed by atoms with Gasteiger partial charge in [0.1, 0.15) is 6.54 Å². The molecule has 5 nitrogen and oxygen atoms in total. The summed E-state index contributed by atoms with van der Waals surface area (Å²) < 4.78 is 1.32. The zero-order valence-electron chi connectivity index (χ0n) is 16.6. The Morgan fingerprint density at radius 3 is 2.38 bits per heavy atom. The van der Waals surface area contributed by atoms with Crippen LogP contribution in [0, 0.1) is 0 Å². The summed E-state index contributed by atoms with van der Waals surface area (Å²) in [5, 5.41) is 7.48. The quantitative estimate of drug-likeness (QED) is 0.720. The molecule has 3 aromatic rings. The summed E-state index contributed by atoms with van der Waals surface area (Å²) in [5.74, 6) is -0.251.